The molecule has 0 amide bonds. The molecule has 8 rings (SSSR count). The highest BCUT2D eigenvalue weighted by molar-refractivity contribution is 5.69. The lowest BCUT2D eigenvalue weighted by Crippen LogP contribution is -2.67. The molecule has 2 aliphatic rings. The van der Waals surface area contributed by atoms with Crippen LogP contribution in [0, 0.1) is 0 Å². The molecule has 0 N–H and O–H groups in total. The van der Waals surface area contributed by atoms with E-state index in [0.29, 0.717) is 33.4 Å². The number of hydrogen-bond acceptors (Lipinski definition) is 17. The first kappa shape index (κ1) is 57.1. The fourth-order valence-electron chi connectivity index (χ4n) is 10.3. The second-order valence-electron chi connectivity index (χ2n) is 18.8. The first-order valence-corrected chi connectivity index (χ1v) is 25.7. The number of rotatable bonds is 20. The van der Waals surface area contributed by atoms with Gasteiger partial charge < -0.3 is 52.1 Å². The largest absolute Gasteiger partial charge is 0.456 e. The van der Waals surface area contributed by atoms with E-state index in [1.165, 1.54) is 0 Å². The summed E-state index contributed by atoms with van der Waals surface area (Å²) in [4.78, 5) is 79.1. The van der Waals surface area contributed by atoms with E-state index in [1.807, 2.05) is 182 Å². The average molecular weight is 1080 g/mol. The summed E-state index contributed by atoms with van der Waals surface area (Å²) in [5, 5.41) is 0. The van der Waals surface area contributed by atoms with Gasteiger partial charge in [-0.25, -0.2) is 0 Å². The molecule has 17 heteroatoms. The van der Waals surface area contributed by atoms with Gasteiger partial charge in [-0.2, -0.15) is 0 Å². The zero-order valence-corrected chi connectivity index (χ0v) is 44.4. The third kappa shape index (κ3) is 13.3. The van der Waals surface area contributed by atoms with Crippen molar-refractivity contribution in [1.82, 2.24) is 0 Å². The zero-order chi connectivity index (χ0) is 56.1. The normalized spacial score (nSPS) is 23.0. The molecule has 2 fully saturated rings. The minimum atomic E-state index is -1.85. The van der Waals surface area contributed by atoms with Gasteiger partial charge in [-0.3, -0.25) is 28.8 Å². The van der Waals surface area contributed by atoms with Gasteiger partial charge in [0.1, 0.15) is 29.5 Å². The molecular formula is C62H62O17. The van der Waals surface area contributed by atoms with Gasteiger partial charge in [0.2, 0.25) is 12.4 Å². The van der Waals surface area contributed by atoms with Crippen LogP contribution >= 0.6 is 0 Å². The first-order chi connectivity index (χ1) is 38.1. The maximum absolute atomic E-state index is 13.4. The third-order valence-corrected chi connectivity index (χ3v) is 13.3. The van der Waals surface area contributed by atoms with Crippen molar-refractivity contribution >= 4 is 35.8 Å². The maximum Gasteiger partial charge on any atom is 0.305 e. The molecule has 0 aromatic heterocycles. The number of hydrogen-bond donors (Lipinski definition) is 0. The Morgan fingerprint density at radius 2 is 0.557 bits per heavy atom. The predicted molar refractivity (Wildman–Crippen MR) is 282 cm³/mol. The number of ether oxygens (including phenoxy) is 11. The second kappa shape index (κ2) is 26.1. The fourth-order valence-corrected chi connectivity index (χ4v) is 10.3. The third-order valence-electron chi connectivity index (χ3n) is 13.3. The highest BCUT2D eigenvalue weighted by Gasteiger charge is 2.59. The summed E-state index contributed by atoms with van der Waals surface area (Å²) in [6.45, 7) is 5.81. The van der Waals surface area contributed by atoms with Crippen LogP contribution in [0.15, 0.2) is 182 Å². The summed E-state index contributed by atoms with van der Waals surface area (Å²) in [5.41, 5.74) is 1.42. The second-order valence-corrected chi connectivity index (χ2v) is 18.8. The van der Waals surface area contributed by atoms with E-state index in [0.717, 1.165) is 41.5 Å². The maximum atomic E-state index is 13.4. The monoisotopic (exact) mass is 1080 g/mol. The Balaban J connectivity index is 1.29. The Morgan fingerprint density at radius 1 is 0.316 bits per heavy atom. The minimum absolute atomic E-state index is 0.430. The first-order valence-electron chi connectivity index (χ1n) is 25.7. The number of carbonyl (C=O) groups is 6. The summed E-state index contributed by atoms with van der Waals surface area (Å²) in [7, 11) is 0. The van der Waals surface area contributed by atoms with Crippen LogP contribution in [-0.2, 0) is 92.1 Å². The Labute approximate surface area is 457 Å². The van der Waals surface area contributed by atoms with E-state index in [-0.39, 0.29) is 0 Å². The van der Waals surface area contributed by atoms with Crippen molar-refractivity contribution in [3.8, 4) is 0 Å². The van der Waals surface area contributed by atoms with Gasteiger partial charge in [-0.1, -0.05) is 182 Å². The van der Waals surface area contributed by atoms with Crippen molar-refractivity contribution in [1.29, 1.82) is 0 Å². The summed E-state index contributed by atoms with van der Waals surface area (Å²) in [6.07, 6.45) is -16.5. The smallest absolute Gasteiger partial charge is 0.305 e. The molecule has 79 heavy (non-hydrogen) atoms. The lowest BCUT2D eigenvalue weighted by atomic mass is 9.80. The molecule has 2 heterocycles. The molecule has 2 aliphatic heterocycles. The molecule has 1 unspecified atom stereocenters. The van der Waals surface area contributed by atoms with Gasteiger partial charge in [-0.05, 0) is 33.4 Å². The van der Waals surface area contributed by atoms with Crippen LogP contribution < -0.4 is 0 Å². The van der Waals surface area contributed by atoms with Crippen molar-refractivity contribution in [3.05, 3.63) is 215 Å². The van der Waals surface area contributed by atoms with E-state index in [1.54, 1.807) is 0 Å². The van der Waals surface area contributed by atoms with Crippen molar-refractivity contribution in [2.75, 3.05) is 13.2 Å². The van der Waals surface area contributed by atoms with Crippen molar-refractivity contribution in [3.63, 3.8) is 0 Å². The van der Waals surface area contributed by atoms with E-state index in [9.17, 15) is 28.8 Å². The summed E-state index contributed by atoms with van der Waals surface area (Å²) in [6, 6.07) is 56.4. The average Bonchev–Trinajstić information content (AvgIpc) is 3.59. The fraction of sp³-hybridized carbons (Fsp3) is 0.323. The van der Waals surface area contributed by atoms with E-state index >= 15 is 0 Å². The van der Waals surface area contributed by atoms with Gasteiger partial charge in [-0.15, -0.1) is 0 Å². The van der Waals surface area contributed by atoms with Crippen molar-refractivity contribution in [2.45, 2.75) is 114 Å². The molecule has 6 aromatic carbocycles. The Kier molecular flexibility index (Phi) is 18.8. The number of carbonyl (C=O) groups excluding carboxylic acids is 6. The molecule has 0 radical (unpaired) electrons. The highest BCUT2D eigenvalue weighted by Crippen LogP contribution is 2.44. The molecule has 2 saturated heterocycles. The van der Waals surface area contributed by atoms with Crippen LogP contribution in [0.25, 0.3) is 0 Å². The summed E-state index contributed by atoms with van der Waals surface area (Å²) < 4.78 is 70.3. The van der Waals surface area contributed by atoms with Gasteiger partial charge in [0.05, 0.1) is 13.2 Å². The number of benzene rings is 6. The Hall–Kier alpha value is -8.06. The zero-order valence-electron chi connectivity index (χ0n) is 44.4. The van der Waals surface area contributed by atoms with Crippen molar-refractivity contribution in [2.24, 2.45) is 0 Å². The highest BCUT2D eigenvalue weighted by atomic mass is 16.8. The summed E-state index contributed by atoms with van der Waals surface area (Å²) >= 11 is 0. The molecular weight excluding hydrogens is 1020 g/mol. The standard InChI is InChI=1S/C62H62O17/c1-39(63)71-53-51(37-69-61(45-25-13-7-14-26-45,46-27-15-8-16-28-46)47-29-17-9-18-30-47)78-60(58(75-43(5)67)55(53)72-40(2)64)79-54-52(77-59(76-44(6)68)57(74-42(4)66)56(54)73-41(3)65)38-70-62(48-31-19-10-20-32-48,49-33-21-11-22-34-49)50-35-23-12-24-36-50/h7-36,51-60H,37-38H2,1-6H3/t51-,52-,53-,54-,55+,56+,57-,58-,59?,60-/m1/s1. The Bertz CT molecular complexity index is 2790. The van der Waals surface area contributed by atoms with Gasteiger partial charge >= 0.3 is 35.8 Å². The van der Waals surface area contributed by atoms with Gasteiger partial charge in [0.15, 0.2) is 30.7 Å². The molecule has 6 aromatic rings. The van der Waals surface area contributed by atoms with Crippen molar-refractivity contribution < 1.29 is 80.9 Å². The van der Waals surface area contributed by atoms with Crippen LogP contribution in [0.2, 0.25) is 0 Å². The van der Waals surface area contributed by atoms with Gasteiger partial charge in [0.25, 0.3) is 0 Å². The molecule has 0 saturated carbocycles. The van der Waals surface area contributed by atoms with Crippen LogP contribution in [0.1, 0.15) is 74.9 Å². The molecule has 0 spiro atoms. The molecule has 0 bridgehead atoms. The van der Waals surface area contributed by atoms with Gasteiger partial charge in [0, 0.05) is 41.5 Å². The molecule has 412 valence electrons. The van der Waals surface area contributed by atoms with E-state index in [2.05, 4.69) is 0 Å². The van der Waals surface area contributed by atoms with E-state index in [4.69, 9.17) is 52.1 Å². The molecule has 10 atom stereocenters. The van der Waals surface area contributed by atoms with Crippen LogP contribution in [0.3, 0.4) is 0 Å². The van der Waals surface area contributed by atoms with Crippen LogP contribution in [0.4, 0.5) is 0 Å². The lowest BCUT2D eigenvalue weighted by Gasteiger charge is -2.49. The van der Waals surface area contributed by atoms with E-state index < -0.39 is 122 Å². The Morgan fingerprint density at radius 3 is 0.861 bits per heavy atom. The molecule has 17 nitrogen and oxygen atoms in total. The lowest BCUT2D eigenvalue weighted by molar-refractivity contribution is -0.360. The minimum Gasteiger partial charge on any atom is -0.456 e. The van der Waals surface area contributed by atoms with Crippen LogP contribution in [0.5, 0.6) is 0 Å². The predicted octanol–water partition coefficient (Wildman–Crippen LogP) is 8.06. The SMILES string of the molecule is CC(=O)OC1O[C@H](COC(c2ccccc2)(c2ccccc2)c2ccccc2)[C@@H](O[C@H]2O[C@H](COC(c3ccccc3)(c3ccccc3)c3ccccc3)[C@@H](OC(C)=O)[C@H](OC(C)=O)[C@H]2OC(C)=O)[C@H](OC(C)=O)[C@H]1OC(C)=O. The topological polar surface area (TPSA) is 204 Å². The number of esters is 6. The molecule has 0 aliphatic carbocycles. The summed E-state index contributed by atoms with van der Waals surface area (Å²) in [5.74, 6) is -5.19. The quantitative estimate of drug-likeness (QED) is 0.0403. The van der Waals surface area contributed by atoms with Crippen LogP contribution in [-0.4, -0.2) is 110 Å².